The first-order valence-corrected chi connectivity index (χ1v) is 8.28. The molecule has 0 amide bonds. The highest BCUT2D eigenvalue weighted by atomic mass is 79.9. The van der Waals surface area contributed by atoms with Crippen LogP contribution in [0, 0.1) is 6.92 Å². The maximum atomic E-state index is 6.71. The Morgan fingerprint density at radius 1 is 1.14 bits per heavy atom. The fraction of sp³-hybridized carbons (Fsp3) is 0.333. The number of hydrogen-bond donors (Lipinski definition) is 0. The third kappa shape index (κ3) is 2.84. The summed E-state index contributed by atoms with van der Waals surface area (Å²) in [5.41, 5.74) is 4.73. The van der Waals surface area contributed by atoms with Gasteiger partial charge >= 0.3 is 0 Å². The van der Waals surface area contributed by atoms with Gasteiger partial charge in [-0.15, -0.1) is 11.6 Å². The molecule has 0 aliphatic carbocycles. The van der Waals surface area contributed by atoms with Gasteiger partial charge in [0.2, 0.25) is 0 Å². The fourth-order valence-corrected chi connectivity index (χ4v) is 3.69. The van der Waals surface area contributed by atoms with Crippen molar-refractivity contribution >= 4 is 27.5 Å². The maximum absolute atomic E-state index is 6.71. The van der Waals surface area contributed by atoms with Gasteiger partial charge in [0.25, 0.3) is 0 Å². The standard InChI is InChI=1S/C18H18BrClO/c1-11-6-13(8-14(19)7-11)17(20)12-4-5-16-15(9-12)18(2,3)10-21-16/h4-9,17H,10H2,1-3H3. The van der Waals surface area contributed by atoms with E-state index in [0.29, 0.717) is 0 Å². The van der Waals surface area contributed by atoms with Crippen molar-refractivity contribution in [2.24, 2.45) is 0 Å². The average Bonchev–Trinajstić information content (AvgIpc) is 2.72. The largest absolute Gasteiger partial charge is 0.492 e. The third-order valence-electron chi connectivity index (χ3n) is 3.97. The van der Waals surface area contributed by atoms with Gasteiger partial charge in [0.15, 0.2) is 0 Å². The molecule has 21 heavy (non-hydrogen) atoms. The molecule has 110 valence electrons. The molecule has 0 radical (unpaired) electrons. The highest BCUT2D eigenvalue weighted by Gasteiger charge is 2.32. The number of halogens is 2. The lowest BCUT2D eigenvalue weighted by atomic mass is 9.85. The van der Waals surface area contributed by atoms with E-state index in [-0.39, 0.29) is 10.8 Å². The van der Waals surface area contributed by atoms with Crippen LogP contribution in [0.25, 0.3) is 0 Å². The summed E-state index contributed by atoms with van der Waals surface area (Å²) in [6.45, 7) is 7.22. The number of ether oxygens (including phenoxy) is 1. The molecule has 3 heteroatoms. The van der Waals surface area contributed by atoms with Crippen molar-refractivity contribution in [2.45, 2.75) is 31.6 Å². The molecule has 3 rings (SSSR count). The minimum Gasteiger partial charge on any atom is -0.492 e. The fourth-order valence-electron chi connectivity index (χ4n) is 2.80. The van der Waals surface area contributed by atoms with E-state index < -0.39 is 0 Å². The van der Waals surface area contributed by atoms with E-state index in [2.05, 4.69) is 67.0 Å². The Kier molecular flexibility index (Phi) is 3.79. The normalized spacial score (nSPS) is 17.2. The number of hydrogen-bond acceptors (Lipinski definition) is 1. The van der Waals surface area contributed by atoms with Crippen LogP contribution in [-0.2, 0) is 5.41 Å². The lowest BCUT2D eigenvalue weighted by Gasteiger charge is -2.18. The zero-order chi connectivity index (χ0) is 15.2. The topological polar surface area (TPSA) is 9.23 Å². The van der Waals surface area contributed by atoms with E-state index in [1.807, 2.05) is 6.07 Å². The van der Waals surface area contributed by atoms with Crippen molar-refractivity contribution in [3.05, 3.63) is 63.1 Å². The molecule has 0 N–H and O–H groups in total. The predicted octanol–water partition coefficient (Wildman–Crippen LogP) is 5.76. The van der Waals surface area contributed by atoms with Crippen LogP contribution in [0.15, 0.2) is 40.9 Å². The van der Waals surface area contributed by atoms with Crippen molar-refractivity contribution in [3.63, 3.8) is 0 Å². The lowest BCUT2D eigenvalue weighted by Crippen LogP contribution is -2.18. The van der Waals surface area contributed by atoms with Crippen LogP contribution in [0.4, 0.5) is 0 Å². The van der Waals surface area contributed by atoms with Crippen LogP contribution in [0.5, 0.6) is 5.75 Å². The second-order valence-corrected chi connectivity index (χ2v) is 7.70. The van der Waals surface area contributed by atoms with Gasteiger partial charge in [0.05, 0.1) is 12.0 Å². The van der Waals surface area contributed by atoms with Gasteiger partial charge in [-0.3, -0.25) is 0 Å². The molecular formula is C18H18BrClO. The zero-order valence-electron chi connectivity index (χ0n) is 12.4. The molecule has 0 saturated carbocycles. The first-order valence-electron chi connectivity index (χ1n) is 7.05. The van der Waals surface area contributed by atoms with Crippen molar-refractivity contribution < 1.29 is 4.74 Å². The van der Waals surface area contributed by atoms with Gasteiger partial charge in [-0.25, -0.2) is 0 Å². The van der Waals surface area contributed by atoms with Crippen LogP contribution < -0.4 is 4.74 Å². The summed E-state index contributed by atoms with van der Waals surface area (Å²) in [5.74, 6) is 0.984. The highest BCUT2D eigenvalue weighted by molar-refractivity contribution is 9.10. The Balaban J connectivity index is 2.01. The molecule has 0 spiro atoms. The van der Waals surface area contributed by atoms with Gasteiger partial charge < -0.3 is 4.74 Å². The summed E-state index contributed by atoms with van der Waals surface area (Å²) in [7, 11) is 0. The molecule has 1 heterocycles. The monoisotopic (exact) mass is 364 g/mol. The molecule has 1 unspecified atom stereocenters. The molecule has 1 atom stereocenters. The van der Waals surface area contributed by atoms with E-state index in [1.165, 1.54) is 11.1 Å². The molecule has 2 aromatic carbocycles. The van der Waals surface area contributed by atoms with Crippen LogP contribution in [0.2, 0.25) is 0 Å². The quantitative estimate of drug-likeness (QED) is 0.615. The predicted molar refractivity (Wildman–Crippen MR) is 91.5 cm³/mol. The second-order valence-electron chi connectivity index (χ2n) is 6.35. The average molecular weight is 366 g/mol. The Labute approximate surface area is 139 Å². The highest BCUT2D eigenvalue weighted by Crippen LogP contribution is 2.41. The van der Waals surface area contributed by atoms with Gasteiger partial charge in [-0.1, -0.05) is 41.9 Å². The lowest BCUT2D eigenvalue weighted by molar-refractivity contribution is 0.291. The summed E-state index contributed by atoms with van der Waals surface area (Å²) in [6, 6.07) is 12.6. The molecular weight excluding hydrogens is 348 g/mol. The number of benzene rings is 2. The Bertz CT molecular complexity index is 673. The summed E-state index contributed by atoms with van der Waals surface area (Å²) < 4.78 is 6.80. The Hall–Kier alpha value is -0.990. The van der Waals surface area contributed by atoms with Crippen LogP contribution in [0.1, 0.15) is 41.5 Å². The minimum absolute atomic E-state index is 0.0507. The van der Waals surface area contributed by atoms with Gasteiger partial charge in [0, 0.05) is 15.5 Å². The van der Waals surface area contributed by atoms with E-state index in [0.717, 1.165) is 28.0 Å². The van der Waals surface area contributed by atoms with E-state index in [1.54, 1.807) is 0 Å². The Morgan fingerprint density at radius 3 is 2.62 bits per heavy atom. The van der Waals surface area contributed by atoms with Crippen LogP contribution >= 0.6 is 27.5 Å². The van der Waals surface area contributed by atoms with Crippen molar-refractivity contribution in [3.8, 4) is 5.75 Å². The zero-order valence-corrected chi connectivity index (χ0v) is 14.8. The summed E-state index contributed by atoms with van der Waals surface area (Å²) >= 11 is 10.3. The van der Waals surface area contributed by atoms with Crippen LogP contribution in [-0.4, -0.2) is 6.61 Å². The molecule has 1 aliphatic heterocycles. The second kappa shape index (κ2) is 5.33. The van der Waals surface area contributed by atoms with Gasteiger partial charge in [-0.2, -0.15) is 0 Å². The number of alkyl halides is 1. The molecule has 0 bridgehead atoms. The molecule has 0 saturated heterocycles. The van der Waals surface area contributed by atoms with E-state index in [4.69, 9.17) is 16.3 Å². The van der Waals surface area contributed by atoms with Crippen LogP contribution in [0.3, 0.4) is 0 Å². The van der Waals surface area contributed by atoms with Gasteiger partial charge in [0.1, 0.15) is 5.75 Å². The number of rotatable bonds is 2. The van der Waals surface area contributed by atoms with E-state index >= 15 is 0 Å². The minimum atomic E-state index is -0.150. The SMILES string of the molecule is Cc1cc(Br)cc(C(Cl)c2ccc3c(c2)C(C)(C)CO3)c1. The van der Waals surface area contributed by atoms with Crippen molar-refractivity contribution in [2.75, 3.05) is 6.61 Å². The number of aryl methyl sites for hydroxylation is 1. The van der Waals surface area contributed by atoms with Gasteiger partial charge in [-0.05, 0) is 47.9 Å². The smallest absolute Gasteiger partial charge is 0.123 e. The first-order chi connectivity index (χ1) is 9.87. The summed E-state index contributed by atoms with van der Waals surface area (Å²) in [6.07, 6.45) is 0. The van der Waals surface area contributed by atoms with E-state index in [9.17, 15) is 0 Å². The summed E-state index contributed by atoms with van der Waals surface area (Å²) in [4.78, 5) is 0. The summed E-state index contributed by atoms with van der Waals surface area (Å²) in [5, 5.41) is -0.150. The van der Waals surface area contributed by atoms with Crippen molar-refractivity contribution in [1.29, 1.82) is 0 Å². The molecule has 0 fully saturated rings. The molecule has 0 aromatic heterocycles. The molecule has 1 nitrogen and oxygen atoms in total. The molecule has 1 aliphatic rings. The van der Waals surface area contributed by atoms with Crippen molar-refractivity contribution in [1.82, 2.24) is 0 Å². The first kappa shape index (κ1) is 14.9. The third-order valence-corrected chi connectivity index (χ3v) is 4.93. The maximum Gasteiger partial charge on any atom is 0.123 e. The molecule has 2 aromatic rings. The Morgan fingerprint density at radius 2 is 1.90 bits per heavy atom. The number of fused-ring (bicyclic) bond motifs is 1.